The van der Waals surface area contributed by atoms with Crippen LogP contribution >= 0.6 is 0 Å². The molecule has 64 heavy (non-hydrogen) atoms. The first kappa shape index (κ1) is 45.6. The van der Waals surface area contributed by atoms with Gasteiger partial charge in [-0.2, -0.15) is 31.6 Å². The number of hydrogen-bond donors (Lipinski definition) is 0. The molecule has 0 bridgehead atoms. The Labute approximate surface area is 379 Å². The van der Waals surface area contributed by atoms with Gasteiger partial charge in [-0.1, -0.05) is 133 Å². The van der Waals surface area contributed by atoms with E-state index in [0.717, 1.165) is 86.5 Å². The molecule has 0 saturated heterocycles. The summed E-state index contributed by atoms with van der Waals surface area (Å²) in [5, 5.41) is 57.2. The van der Waals surface area contributed by atoms with E-state index in [4.69, 9.17) is 0 Å². The zero-order chi connectivity index (χ0) is 46.1. The van der Waals surface area contributed by atoms with Gasteiger partial charge < -0.3 is 4.90 Å². The first-order chi connectivity index (χ1) is 30.6. The molecule has 0 aliphatic heterocycles. The predicted octanol–water partition coefficient (Wildman–Crippen LogP) is 14.5. The number of anilines is 3. The molecule has 7 heteroatoms. The van der Waals surface area contributed by atoms with Gasteiger partial charge in [0.2, 0.25) is 0 Å². The lowest BCUT2D eigenvalue weighted by Crippen LogP contribution is -2.17. The lowest BCUT2D eigenvalue weighted by molar-refractivity contribution is 0.354. The lowest BCUT2D eigenvalue weighted by atomic mass is 9.74. The van der Waals surface area contributed by atoms with E-state index < -0.39 is 0 Å². The van der Waals surface area contributed by atoms with E-state index in [1.165, 1.54) is 0 Å². The summed E-state index contributed by atoms with van der Waals surface area (Å²) < 4.78 is 0. The molecule has 0 unspecified atom stereocenters. The summed E-state index contributed by atoms with van der Waals surface area (Å²) in [6, 6.07) is 37.5. The molecule has 3 aromatic rings. The van der Waals surface area contributed by atoms with Gasteiger partial charge in [-0.25, -0.2) is 0 Å². The van der Waals surface area contributed by atoms with Crippen LogP contribution in [0.5, 0.6) is 0 Å². The second-order valence-electron chi connectivity index (χ2n) is 19.2. The number of nitrogens with zero attached hydrogens (tertiary/aromatic N) is 7. The smallest absolute Gasteiger partial charge is 0.132 e. The van der Waals surface area contributed by atoms with Crippen molar-refractivity contribution in [2.75, 3.05) is 4.90 Å². The van der Waals surface area contributed by atoms with E-state index in [0.29, 0.717) is 19.3 Å². The highest BCUT2D eigenvalue weighted by molar-refractivity contribution is 5.78. The fourth-order valence-electron chi connectivity index (χ4n) is 8.94. The van der Waals surface area contributed by atoms with Gasteiger partial charge in [0, 0.05) is 17.1 Å². The quantitative estimate of drug-likeness (QED) is 0.195. The van der Waals surface area contributed by atoms with Crippen molar-refractivity contribution in [3.63, 3.8) is 0 Å². The first-order valence-electron chi connectivity index (χ1n) is 21.4. The van der Waals surface area contributed by atoms with E-state index >= 15 is 0 Å². The first-order valence-corrected chi connectivity index (χ1v) is 21.4. The summed E-state index contributed by atoms with van der Waals surface area (Å²) in [6.45, 7) is 13.0. The molecule has 3 aliphatic rings. The van der Waals surface area contributed by atoms with Gasteiger partial charge in [0.25, 0.3) is 0 Å². The number of allylic oxidation sites excluding steroid dienone is 15. The van der Waals surface area contributed by atoms with Crippen molar-refractivity contribution in [2.24, 2.45) is 16.2 Å². The molecular weight excluding hydrogens is 783 g/mol. The molecular formula is C57H51N7. The van der Waals surface area contributed by atoms with E-state index in [-0.39, 0.29) is 33.0 Å². The van der Waals surface area contributed by atoms with Crippen LogP contribution in [0.3, 0.4) is 0 Å². The summed E-state index contributed by atoms with van der Waals surface area (Å²) in [5.41, 5.74) is 11.9. The van der Waals surface area contributed by atoms with Crippen molar-refractivity contribution in [3.05, 3.63) is 176 Å². The molecule has 6 rings (SSSR count). The van der Waals surface area contributed by atoms with Crippen LogP contribution < -0.4 is 4.90 Å². The SMILES string of the molecule is CC1(C)CC(/C=C/c2ccc(N(c3ccc(/C=C/C4=CC(=C(C#N)C#N)CC(C)(C)C4)cc3)c3ccc(/C=C/C4=CC(=C(C#N)C#N)CC(C)(C)C4)cc3)cc2)=CC(=C(C#N)C#N)C1. The zero-order valence-electron chi connectivity index (χ0n) is 37.5. The molecule has 0 radical (unpaired) electrons. The van der Waals surface area contributed by atoms with Crippen LogP contribution in [0.25, 0.3) is 18.2 Å². The summed E-state index contributed by atoms with van der Waals surface area (Å²) in [5.74, 6) is 0. The van der Waals surface area contributed by atoms with Crippen molar-refractivity contribution in [1.29, 1.82) is 31.6 Å². The van der Waals surface area contributed by atoms with E-state index in [9.17, 15) is 31.6 Å². The van der Waals surface area contributed by atoms with Crippen LogP contribution in [0.1, 0.15) is 96.8 Å². The normalized spacial score (nSPS) is 17.4. The largest absolute Gasteiger partial charge is 0.311 e. The molecule has 3 aromatic carbocycles. The molecule has 0 heterocycles. The maximum absolute atomic E-state index is 9.53. The maximum Gasteiger partial charge on any atom is 0.132 e. The average molecular weight is 834 g/mol. The Kier molecular flexibility index (Phi) is 13.8. The Morgan fingerprint density at radius 1 is 0.375 bits per heavy atom. The number of rotatable bonds is 9. The number of hydrogen-bond acceptors (Lipinski definition) is 7. The fourth-order valence-corrected chi connectivity index (χ4v) is 8.94. The second kappa shape index (κ2) is 19.4. The van der Waals surface area contributed by atoms with Gasteiger partial charge in [0.05, 0.1) is 0 Å². The van der Waals surface area contributed by atoms with Crippen molar-refractivity contribution >= 4 is 35.3 Å². The molecule has 0 fully saturated rings. The molecule has 314 valence electrons. The Hall–Kier alpha value is -7.94. The highest BCUT2D eigenvalue weighted by atomic mass is 15.1. The number of benzene rings is 3. The van der Waals surface area contributed by atoms with Crippen LogP contribution in [0, 0.1) is 84.2 Å². The Bertz CT molecular complexity index is 2510. The van der Waals surface area contributed by atoms with Crippen molar-refractivity contribution in [2.45, 2.75) is 80.1 Å². The van der Waals surface area contributed by atoms with Crippen LogP contribution in [-0.4, -0.2) is 0 Å². The molecule has 7 nitrogen and oxygen atoms in total. The highest BCUT2D eigenvalue weighted by Gasteiger charge is 2.29. The molecule has 0 amide bonds. The monoisotopic (exact) mass is 833 g/mol. The third kappa shape index (κ3) is 11.5. The predicted molar refractivity (Wildman–Crippen MR) is 256 cm³/mol. The molecule has 3 aliphatic carbocycles. The number of nitriles is 6. The molecule has 0 aromatic heterocycles. The van der Waals surface area contributed by atoms with Crippen LogP contribution in [0.15, 0.2) is 159 Å². The van der Waals surface area contributed by atoms with Gasteiger partial charge in [-0.15, -0.1) is 0 Å². The van der Waals surface area contributed by atoms with Crippen molar-refractivity contribution < 1.29 is 0 Å². The minimum absolute atomic E-state index is 0.0696. The van der Waals surface area contributed by atoms with Crippen LogP contribution in [0.4, 0.5) is 17.1 Å². The third-order valence-electron chi connectivity index (χ3n) is 11.7. The minimum Gasteiger partial charge on any atom is -0.311 e. The third-order valence-corrected chi connectivity index (χ3v) is 11.7. The summed E-state index contributed by atoms with van der Waals surface area (Å²) in [6.07, 6.45) is 23.0. The van der Waals surface area contributed by atoms with Crippen molar-refractivity contribution in [3.8, 4) is 36.4 Å². The summed E-state index contributed by atoms with van der Waals surface area (Å²) >= 11 is 0. The van der Waals surface area contributed by atoms with E-state index in [1.807, 2.05) is 18.2 Å². The zero-order valence-corrected chi connectivity index (χ0v) is 37.5. The van der Waals surface area contributed by atoms with Crippen molar-refractivity contribution in [1.82, 2.24) is 0 Å². The maximum atomic E-state index is 9.53. The van der Waals surface area contributed by atoms with Gasteiger partial charge in [-0.3, -0.25) is 0 Å². The topological polar surface area (TPSA) is 146 Å². The van der Waals surface area contributed by atoms with Gasteiger partial charge >= 0.3 is 0 Å². The van der Waals surface area contributed by atoms with E-state index in [2.05, 4.69) is 192 Å². The Balaban J connectivity index is 1.31. The lowest BCUT2D eigenvalue weighted by Gasteiger charge is -2.30. The Morgan fingerprint density at radius 2 is 0.609 bits per heavy atom. The summed E-state index contributed by atoms with van der Waals surface area (Å²) in [4.78, 5) is 2.21. The van der Waals surface area contributed by atoms with Gasteiger partial charge in [0.1, 0.15) is 53.1 Å². The van der Waals surface area contributed by atoms with Gasteiger partial charge in [-0.05, 0) is 141 Å². The van der Waals surface area contributed by atoms with Gasteiger partial charge in [0.15, 0.2) is 0 Å². The molecule has 0 saturated carbocycles. The van der Waals surface area contributed by atoms with Crippen LogP contribution in [-0.2, 0) is 0 Å². The average Bonchev–Trinajstić information content (AvgIpc) is 3.25. The minimum atomic E-state index is -0.0696. The fraction of sp³-hybridized carbons (Fsp3) is 0.263. The standard InChI is InChI=1S/C57H51N7/c1-55(2)28-43(25-46(31-55)49(34-58)35-59)10-7-40-13-19-52(20-14-40)64(53-21-15-41(16-22-53)8-11-44-26-47(50(36-60)37-61)32-56(3,4)29-44)54-23-17-42(18-24-54)9-12-45-27-48(51(38-62)39-63)33-57(5,6)30-45/h7-27H,28-33H2,1-6H3/b10-7+,11-8+,12-9+. The molecule has 0 N–H and O–H groups in total. The Morgan fingerprint density at radius 3 is 0.828 bits per heavy atom. The second-order valence-corrected chi connectivity index (χ2v) is 19.2. The van der Waals surface area contributed by atoms with Crippen LogP contribution in [0.2, 0.25) is 0 Å². The molecule has 0 spiro atoms. The van der Waals surface area contributed by atoms with E-state index in [1.54, 1.807) is 0 Å². The summed E-state index contributed by atoms with van der Waals surface area (Å²) in [7, 11) is 0. The highest BCUT2D eigenvalue weighted by Crippen LogP contribution is 2.43. The molecule has 0 atom stereocenters.